The molecule has 0 saturated carbocycles. The molecule has 0 bridgehead atoms. The Hall–Kier alpha value is -2.71. The first-order valence-electron chi connectivity index (χ1n) is 12.4. The third kappa shape index (κ3) is 6.60. The van der Waals surface area contributed by atoms with Crippen LogP contribution in [0.4, 0.5) is 10.6 Å². The number of pyridine rings is 1. The zero-order chi connectivity index (χ0) is 26.9. The average Bonchev–Trinajstić information content (AvgIpc) is 3.29. The minimum atomic E-state index is -0.935. The van der Waals surface area contributed by atoms with Crippen LogP contribution in [0, 0.1) is 12.8 Å². The molecule has 3 atom stereocenters. The van der Waals surface area contributed by atoms with Gasteiger partial charge in [-0.25, -0.2) is 9.78 Å². The Morgan fingerprint density at radius 1 is 1.08 bits per heavy atom. The summed E-state index contributed by atoms with van der Waals surface area (Å²) < 4.78 is 11.6. The zero-order valence-corrected chi connectivity index (χ0v) is 23.1. The zero-order valence-electron chi connectivity index (χ0n) is 21.5. The Labute approximate surface area is 227 Å². The van der Waals surface area contributed by atoms with Crippen molar-refractivity contribution in [2.75, 3.05) is 31.1 Å². The van der Waals surface area contributed by atoms with E-state index in [1.807, 2.05) is 31.2 Å². The third-order valence-corrected chi connectivity index (χ3v) is 7.24. The topological polar surface area (TPSA) is 92.2 Å². The molecule has 4 rings (SSSR count). The molecular weight excluding hydrogens is 517 g/mol. The molecule has 0 spiro atoms. The highest BCUT2D eigenvalue weighted by molar-refractivity contribution is 6.37. The predicted octanol–water partition coefficient (Wildman–Crippen LogP) is 5.78. The minimum absolute atomic E-state index is 0.0762. The van der Waals surface area contributed by atoms with Crippen molar-refractivity contribution in [2.24, 2.45) is 5.92 Å². The average molecular weight is 550 g/mol. The molecule has 37 heavy (non-hydrogen) atoms. The lowest BCUT2D eigenvalue weighted by atomic mass is 9.81. The Morgan fingerprint density at radius 3 is 2.38 bits per heavy atom. The van der Waals surface area contributed by atoms with Gasteiger partial charge in [0.15, 0.2) is 5.75 Å². The van der Waals surface area contributed by atoms with Gasteiger partial charge in [-0.2, -0.15) is 0 Å². The number of rotatable bonds is 5. The second-order valence-electron chi connectivity index (χ2n) is 10.7. The highest BCUT2D eigenvalue weighted by Gasteiger charge is 2.38. The van der Waals surface area contributed by atoms with E-state index in [4.69, 9.17) is 32.7 Å². The number of carbonyl (C=O) groups is 2. The number of ether oxygens (including phenoxy) is 2. The summed E-state index contributed by atoms with van der Waals surface area (Å²) in [4.78, 5) is 32.8. The molecule has 8 nitrogen and oxygen atoms in total. The number of nitrogens with zero attached hydrogens (tertiary/aromatic N) is 3. The summed E-state index contributed by atoms with van der Waals surface area (Å²) in [7, 11) is 0. The minimum Gasteiger partial charge on any atom is -0.485 e. The molecule has 2 aliphatic rings. The molecule has 0 aliphatic carbocycles. The first-order chi connectivity index (χ1) is 17.4. The van der Waals surface area contributed by atoms with Crippen molar-refractivity contribution < 1.29 is 24.2 Å². The SMILES string of the molecule is Cc1cc(Cl)c(O[C@H]2CCN(c3ccc([C@@H]4CCN(C(=O)OC(C)(C)C)C[C@H]4C(=O)O)cn3)C2)c(Cl)c1. The van der Waals surface area contributed by atoms with Crippen LogP contribution in [0.3, 0.4) is 0 Å². The molecule has 200 valence electrons. The summed E-state index contributed by atoms with van der Waals surface area (Å²) in [6, 6.07) is 7.52. The molecule has 0 unspecified atom stereocenters. The van der Waals surface area contributed by atoms with Crippen LogP contribution in [-0.2, 0) is 9.53 Å². The molecule has 10 heteroatoms. The van der Waals surface area contributed by atoms with Gasteiger partial charge in [-0.3, -0.25) is 4.79 Å². The fourth-order valence-corrected chi connectivity index (χ4v) is 5.58. The second kappa shape index (κ2) is 11.0. The summed E-state index contributed by atoms with van der Waals surface area (Å²) >= 11 is 12.7. The summed E-state index contributed by atoms with van der Waals surface area (Å²) in [5.41, 5.74) is 1.19. The van der Waals surface area contributed by atoms with Gasteiger partial charge in [0, 0.05) is 38.2 Å². The van der Waals surface area contributed by atoms with Gasteiger partial charge in [0.05, 0.1) is 22.5 Å². The molecule has 2 aliphatic heterocycles. The van der Waals surface area contributed by atoms with Gasteiger partial charge in [-0.05, 0) is 63.4 Å². The fourth-order valence-electron chi connectivity index (χ4n) is 4.90. The number of halogens is 2. The Morgan fingerprint density at radius 2 is 1.78 bits per heavy atom. The molecule has 1 amide bonds. The van der Waals surface area contributed by atoms with Crippen molar-refractivity contribution in [3.63, 3.8) is 0 Å². The van der Waals surface area contributed by atoms with E-state index in [-0.39, 0.29) is 18.6 Å². The highest BCUT2D eigenvalue weighted by atomic mass is 35.5. The number of benzene rings is 1. The third-order valence-electron chi connectivity index (χ3n) is 6.68. The number of carbonyl (C=O) groups excluding carboxylic acids is 1. The molecule has 2 aromatic rings. The van der Waals surface area contributed by atoms with Gasteiger partial charge in [0.2, 0.25) is 0 Å². The number of anilines is 1. The number of aryl methyl sites for hydroxylation is 1. The maximum atomic E-state index is 12.5. The number of likely N-dealkylation sites (tertiary alicyclic amines) is 1. The summed E-state index contributed by atoms with van der Waals surface area (Å²) in [6.07, 6.45) is 2.52. The number of amides is 1. The maximum Gasteiger partial charge on any atom is 0.410 e. The number of aromatic nitrogens is 1. The quantitative estimate of drug-likeness (QED) is 0.505. The summed E-state index contributed by atoms with van der Waals surface area (Å²) in [5, 5.41) is 10.9. The highest BCUT2D eigenvalue weighted by Crippen LogP contribution is 2.37. The first-order valence-corrected chi connectivity index (χ1v) is 13.2. The van der Waals surface area contributed by atoms with E-state index in [0.29, 0.717) is 35.3 Å². The standard InChI is InChI=1S/C27H33Cl2N3O5/c1-16-11-21(28)24(22(29)12-16)36-18-7-9-31(14-18)23-6-5-17(13-30-23)19-8-10-32(15-20(19)25(33)34)26(35)37-27(2,3)4/h5-6,11-13,18-20H,7-10,14-15H2,1-4H3,(H,33,34)/t18-,19-,20+/m0/s1. The van der Waals surface area contributed by atoms with Crippen LogP contribution < -0.4 is 9.64 Å². The van der Waals surface area contributed by atoms with Crippen LogP contribution in [0.1, 0.15) is 50.7 Å². The summed E-state index contributed by atoms with van der Waals surface area (Å²) in [6.45, 7) is 9.25. The van der Waals surface area contributed by atoms with Crippen LogP contribution in [0.25, 0.3) is 0 Å². The van der Waals surface area contributed by atoms with E-state index in [0.717, 1.165) is 29.9 Å². The molecule has 1 N–H and O–H groups in total. The normalized spacial score (nSPS) is 22.2. The van der Waals surface area contributed by atoms with Gasteiger partial charge in [0.25, 0.3) is 0 Å². The number of carboxylic acids is 1. The number of hydrogen-bond donors (Lipinski definition) is 1. The van der Waals surface area contributed by atoms with E-state index in [1.54, 1.807) is 27.0 Å². The van der Waals surface area contributed by atoms with E-state index in [9.17, 15) is 14.7 Å². The maximum absolute atomic E-state index is 12.5. The summed E-state index contributed by atoms with van der Waals surface area (Å²) in [5.74, 6) is -0.605. The van der Waals surface area contributed by atoms with Crippen LogP contribution in [0.5, 0.6) is 5.75 Å². The van der Waals surface area contributed by atoms with Crippen LogP contribution in [0.2, 0.25) is 10.0 Å². The van der Waals surface area contributed by atoms with Gasteiger partial charge in [-0.1, -0.05) is 29.3 Å². The number of carboxylic acid groups (broad SMARTS) is 1. The lowest BCUT2D eigenvalue weighted by molar-refractivity contribution is -0.144. The Balaban J connectivity index is 1.39. The van der Waals surface area contributed by atoms with E-state index < -0.39 is 23.6 Å². The van der Waals surface area contributed by atoms with Gasteiger partial charge in [0.1, 0.15) is 17.5 Å². The molecular formula is C27H33Cl2N3O5. The van der Waals surface area contributed by atoms with E-state index in [1.165, 1.54) is 4.90 Å². The number of hydrogen-bond acceptors (Lipinski definition) is 6. The van der Waals surface area contributed by atoms with E-state index in [2.05, 4.69) is 9.88 Å². The number of aliphatic carboxylic acids is 1. The monoisotopic (exact) mass is 549 g/mol. The van der Waals surface area contributed by atoms with Crippen LogP contribution in [-0.4, -0.2) is 64.9 Å². The van der Waals surface area contributed by atoms with Gasteiger partial charge in [-0.15, -0.1) is 0 Å². The van der Waals surface area contributed by atoms with Gasteiger partial charge < -0.3 is 24.4 Å². The van der Waals surface area contributed by atoms with E-state index >= 15 is 0 Å². The van der Waals surface area contributed by atoms with Crippen molar-refractivity contribution in [3.8, 4) is 5.75 Å². The van der Waals surface area contributed by atoms with Crippen molar-refractivity contribution in [2.45, 2.75) is 58.2 Å². The predicted molar refractivity (Wildman–Crippen MR) is 143 cm³/mol. The largest absolute Gasteiger partial charge is 0.485 e. The van der Waals surface area contributed by atoms with Gasteiger partial charge >= 0.3 is 12.1 Å². The Bertz CT molecular complexity index is 1130. The van der Waals surface area contributed by atoms with Crippen molar-refractivity contribution in [1.82, 2.24) is 9.88 Å². The molecule has 1 aromatic heterocycles. The smallest absolute Gasteiger partial charge is 0.410 e. The molecule has 2 fully saturated rings. The fraction of sp³-hybridized carbons (Fsp3) is 0.519. The lowest BCUT2D eigenvalue weighted by Crippen LogP contribution is -2.47. The molecule has 2 saturated heterocycles. The first kappa shape index (κ1) is 27.3. The lowest BCUT2D eigenvalue weighted by Gasteiger charge is -2.37. The Kier molecular flexibility index (Phi) is 8.09. The molecule has 3 heterocycles. The second-order valence-corrected chi connectivity index (χ2v) is 11.6. The van der Waals surface area contributed by atoms with Crippen molar-refractivity contribution in [1.29, 1.82) is 0 Å². The van der Waals surface area contributed by atoms with Crippen molar-refractivity contribution in [3.05, 3.63) is 51.6 Å². The molecule has 0 radical (unpaired) electrons. The van der Waals surface area contributed by atoms with Crippen LogP contribution >= 0.6 is 23.2 Å². The van der Waals surface area contributed by atoms with Crippen LogP contribution in [0.15, 0.2) is 30.5 Å². The number of piperidine rings is 1. The molecule has 1 aromatic carbocycles. The van der Waals surface area contributed by atoms with Crippen molar-refractivity contribution >= 4 is 41.1 Å².